The van der Waals surface area contributed by atoms with Gasteiger partial charge in [-0.05, 0) is 45.8 Å². The monoisotopic (exact) mass is 294 g/mol. The van der Waals surface area contributed by atoms with Crippen LogP contribution in [0.25, 0.3) is 0 Å². The quantitative estimate of drug-likeness (QED) is 0.815. The first-order valence-corrected chi connectivity index (χ1v) is 7.84. The minimum absolute atomic E-state index is 0.214. The van der Waals surface area contributed by atoms with Crippen LogP contribution >= 0.6 is 0 Å². The molecule has 1 aromatic rings. The molecule has 1 saturated heterocycles. The van der Waals surface area contributed by atoms with Crippen molar-refractivity contribution in [3.05, 3.63) is 33.1 Å². The van der Waals surface area contributed by atoms with Crippen LogP contribution in [0.4, 0.5) is 0 Å². The summed E-state index contributed by atoms with van der Waals surface area (Å²) in [6.07, 6.45) is 6.93. The number of hydrogen-bond acceptors (Lipinski definition) is 4. The molecule has 1 aliphatic heterocycles. The highest BCUT2D eigenvalue weighted by atomic mass is 16.2. The Bertz CT molecular complexity index is 564. The number of hydrogen-bond donors (Lipinski definition) is 1. The highest BCUT2D eigenvalue weighted by Crippen LogP contribution is 2.17. The fraction of sp³-hybridized carbons (Fsp3) is 0.733. The molecule has 2 rings (SSSR count). The summed E-state index contributed by atoms with van der Waals surface area (Å²) in [6.45, 7) is 2.68. The van der Waals surface area contributed by atoms with E-state index in [1.807, 2.05) is 0 Å². The predicted octanol–water partition coefficient (Wildman–Crippen LogP) is 0.233. The molecule has 0 radical (unpaired) electrons. The Balaban J connectivity index is 2.06. The zero-order valence-corrected chi connectivity index (χ0v) is 12.8. The second kappa shape index (κ2) is 7.56. The highest BCUT2D eigenvalue weighted by molar-refractivity contribution is 4.87. The van der Waals surface area contributed by atoms with E-state index in [2.05, 4.69) is 11.9 Å². The molecule has 1 aromatic heterocycles. The lowest BCUT2D eigenvalue weighted by Crippen LogP contribution is -2.41. The van der Waals surface area contributed by atoms with Gasteiger partial charge in [-0.1, -0.05) is 6.42 Å². The van der Waals surface area contributed by atoms with Crippen LogP contribution < -0.4 is 17.0 Å². The molecule has 1 atom stereocenters. The maximum absolute atomic E-state index is 12.3. The van der Waals surface area contributed by atoms with Crippen LogP contribution in [0, 0.1) is 0 Å². The number of aromatic nitrogens is 2. The van der Waals surface area contributed by atoms with Gasteiger partial charge in [0.25, 0.3) is 5.56 Å². The smallest absolute Gasteiger partial charge is 0.330 e. The van der Waals surface area contributed by atoms with Gasteiger partial charge in [-0.25, -0.2) is 4.79 Å². The third-order valence-corrected chi connectivity index (χ3v) is 4.35. The van der Waals surface area contributed by atoms with E-state index in [-0.39, 0.29) is 11.2 Å². The standard InChI is InChI=1S/C15H26N4O2/c1-17-9-3-2-5-13(17)6-11-18-12-7-14(20)19(15(18)21)10-4-8-16/h7,12-13H,2-6,8-11,16H2,1H3. The summed E-state index contributed by atoms with van der Waals surface area (Å²) in [4.78, 5) is 26.5. The van der Waals surface area contributed by atoms with Gasteiger partial charge in [0, 0.05) is 31.4 Å². The van der Waals surface area contributed by atoms with Gasteiger partial charge in [0.05, 0.1) is 0 Å². The van der Waals surface area contributed by atoms with E-state index in [0.29, 0.717) is 32.1 Å². The molecular weight excluding hydrogens is 268 g/mol. The van der Waals surface area contributed by atoms with E-state index in [4.69, 9.17) is 5.73 Å². The van der Waals surface area contributed by atoms with Gasteiger partial charge in [0.1, 0.15) is 0 Å². The fourth-order valence-electron chi connectivity index (χ4n) is 2.98. The highest BCUT2D eigenvalue weighted by Gasteiger charge is 2.18. The van der Waals surface area contributed by atoms with Crippen molar-refractivity contribution in [3.63, 3.8) is 0 Å². The van der Waals surface area contributed by atoms with Crippen molar-refractivity contribution in [3.8, 4) is 0 Å². The Hall–Kier alpha value is -1.40. The van der Waals surface area contributed by atoms with Gasteiger partial charge in [0.15, 0.2) is 0 Å². The first kappa shape index (κ1) is 16.0. The third kappa shape index (κ3) is 4.04. The lowest BCUT2D eigenvalue weighted by atomic mass is 10.0. The Morgan fingerprint density at radius 1 is 1.29 bits per heavy atom. The zero-order valence-electron chi connectivity index (χ0n) is 12.8. The van der Waals surface area contributed by atoms with Gasteiger partial charge < -0.3 is 15.2 Å². The Morgan fingerprint density at radius 3 is 2.81 bits per heavy atom. The predicted molar refractivity (Wildman–Crippen MR) is 83.5 cm³/mol. The van der Waals surface area contributed by atoms with Crippen molar-refractivity contribution >= 4 is 0 Å². The number of likely N-dealkylation sites (tertiary alicyclic amines) is 1. The molecular formula is C15H26N4O2. The van der Waals surface area contributed by atoms with Crippen LogP contribution in [-0.4, -0.2) is 40.2 Å². The topological polar surface area (TPSA) is 73.3 Å². The molecule has 0 aromatic carbocycles. The zero-order chi connectivity index (χ0) is 15.2. The van der Waals surface area contributed by atoms with E-state index in [0.717, 1.165) is 13.0 Å². The summed E-state index contributed by atoms with van der Waals surface area (Å²) in [5, 5.41) is 0. The average molecular weight is 294 g/mol. The molecule has 0 amide bonds. The summed E-state index contributed by atoms with van der Waals surface area (Å²) in [5.41, 5.74) is 5.01. The Kier molecular flexibility index (Phi) is 5.76. The molecule has 0 bridgehead atoms. The Morgan fingerprint density at radius 2 is 2.10 bits per heavy atom. The Labute approximate surface area is 125 Å². The maximum Gasteiger partial charge on any atom is 0.330 e. The van der Waals surface area contributed by atoms with Gasteiger partial charge in [-0.2, -0.15) is 0 Å². The maximum atomic E-state index is 12.3. The van der Waals surface area contributed by atoms with E-state index in [1.54, 1.807) is 10.8 Å². The van der Waals surface area contributed by atoms with E-state index >= 15 is 0 Å². The van der Waals surface area contributed by atoms with Gasteiger partial charge in [0.2, 0.25) is 0 Å². The normalized spacial score (nSPS) is 19.8. The van der Waals surface area contributed by atoms with Crippen molar-refractivity contribution < 1.29 is 0 Å². The van der Waals surface area contributed by atoms with Crippen LogP contribution in [0.15, 0.2) is 21.9 Å². The lowest BCUT2D eigenvalue weighted by molar-refractivity contribution is 0.170. The molecule has 1 unspecified atom stereocenters. The number of rotatable bonds is 6. The molecule has 1 aliphatic rings. The first-order chi connectivity index (χ1) is 10.1. The molecule has 2 heterocycles. The molecule has 1 fully saturated rings. The van der Waals surface area contributed by atoms with Gasteiger partial charge >= 0.3 is 5.69 Å². The average Bonchev–Trinajstić information content (AvgIpc) is 2.48. The first-order valence-electron chi connectivity index (χ1n) is 7.84. The SMILES string of the molecule is CN1CCCCC1CCn1ccc(=O)n(CCCN)c1=O. The summed E-state index contributed by atoms with van der Waals surface area (Å²) in [6, 6.07) is 2.01. The van der Waals surface area contributed by atoms with E-state index < -0.39 is 0 Å². The van der Waals surface area contributed by atoms with Gasteiger partial charge in [-0.15, -0.1) is 0 Å². The van der Waals surface area contributed by atoms with Crippen LogP contribution in [0.1, 0.15) is 32.1 Å². The lowest BCUT2D eigenvalue weighted by Gasteiger charge is -2.32. The van der Waals surface area contributed by atoms with Gasteiger partial charge in [-0.3, -0.25) is 9.36 Å². The molecule has 21 heavy (non-hydrogen) atoms. The molecule has 0 spiro atoms. The second-order valence-corrected chi connectivity index (χ2v) is 5.84. The van der Waals surface area contributed by atoms with Crippen LogP contribution in [0.3, 0.4) is 0 Å². The van der Waals surface area contributed by atoms with Crippen LogP contribution in [-0.2, 0) is 13.1 Å². The number of piperidine rings is 1. The van der Waals surface area contributed by atoms with Crippen LogP contribution in [0.2, 0.25) is 0 Å². The molecule has 2 N–H and O–H groups in total. The minimum atomic E-state index is -0.237. The number of nitrogens with two attached hydrogens (primary N) is 1. The summed E-state index contributed by atoms with van der Waals surface area (Å²) >= 11 is 0. The van der Waals surface area contributed by atoms with E-state index in [1.165, 1.54) is 29.9 Å². The van der Waals surface area contributed by atoms with Crippen molar-refractivity contribution in [1.82, 2.24) is 14.0 Å². The number of aryl methyl sites for hydroxylation is 1. The summed E-state index contributed by atoms with van der Waals surface area (Å²) in [7, 11) is 2.15. The number of nitrogens with zero attached hydrogens (tertiary/aromatic N) is 3. The summed E-state index contributed by atoms with van der Waals surface area (Å²) < 4.78 is 2.94. The molecule has 6 heteroatoms. The largest absolute Gasteiger partial charge is 0.330 e. The molecule has 0 aliphatic carbocycles. The van der Waals surface area contributed by atoms with E-state index in [9.17, 15) is 9.59 Å². The summed E-state index contributed by atoms with van der Waals surface area (Å²) in [5.74, 6) is 0. The molecule has 6 nitrogen and oxygen atoms in total. The second-order valence-electron chi connectivity index (χ2n) is 5.84. The van der Waals surface area contributed by atoms with Crippen LogP contribution in [0.5, 0.6) is 0 Å². The fourth-order valence-corrected chi connectivity index (χ4v) is 2.98. The third-order valence-electron chi connectivity index (χ3n) is 4.35. The van der Waals surface area contributed by atoms with Crippen molar-refractivity contribution in [1.29, 1.82) is 0 Å². The molecule has 118 valence electrons. The van der Waals surface area contributed by atoms with Crippen molar-refractivity contribution in [2.24, 2.45) is 5.73 Å². The van der Waals surface area contributed by atoms with Crippen molar-refractivity contribution in [2.45, 2.75) is 51.2 Å². The minimum Gasteiger partial charge on any atom is -0.330 e. The van der Waals surface area contributed by atoms with Crippen molar-refractivity contribution in [2.75, 3.05) is 20.1 Å². The molecule has 0 saturated carbocycles.